The van der Waals surface area contributed by atoms with Crippen molar-refractivity contribution < 1.29 is 28.4 Å². The van der Waals surface area contributed by atoms with Gasteiger partial charge in [0.05, 0.1) is 35.2 Å². The van der Waals surface area contributed by atoms with Crippen LogP contribution >= 0.6 is 11.8 Å². The second-order valence-electron chi connectivity index (χ2n) is 7.52. The number of non-ortho nitro benzene ring substituents is 1. The molecule has 1 aliphatic rings. The van der Waals surface area contributed by atoms with Crippen molar-refractivity contribution in [2.75, 3.05) is 19.0 Å². The van der Waals surface area contributed by atoms with E-state index in [1.807, 2.05) is 0 Å². The van der Waals surface area contributed by atoms with Gasteiger partial charge in [0, 0.05) is 34.2 Å². The molecular weight excluding hydrogens is 475 g/mol. The predicted octanol–water partition coefficient (Wildman–Crippen LogP) is 4.87. The number of hydrogen-bond donors (Lipinski definition) is 1. The maximum atomic E-state index is 13.3. The minimum atomic E-state index is -0.946. The van der Waals surface area contributed by atoms with Gasteiger partial charge >= 0.3 is 11.9 Å². The van der Waals surface area contributed by atoms with Crippen LogP contribution in [0.4, 0.5) is 10.1 Å². The number of dihydropyridines is 1. The van der Waals surface area contributed by atoms with Crippen molar-refractivity contribution in [3.8, 4) is 0 Å². The molecule has 1 aliphatic heterocycles. The highest BCUT2D eigenvalue weighted by atomic mass is 32.2. The molecule has 3 rings (SSSR count). The van der Waals surface area contributed by atoms with Crippen molar-refractivity contribution >= 4 is 29.4 Å². The summed E-state index contributed by atoms with van der Waals surface area (Å²) in [7, 11) is 0. The van der Waals surface area contributed by atoms with E-state index in [1.54, 1.807) is 39.0 Å². The summed E-state index contributed by atoms with van der Waals surface area (Å²) in [6.45, 7) is 5.22. The lowest BCUT2D eigenvalue weighted by Crippen LogP contribution is -2.34. The average molecular weight is 501 g/mol. The minimum absolute atomic E-state index is 0.0970. The van der Waals surface area contributed by atoms with E-state index in [9.17, 15) is 24.1 Å². The number of carbonyl (C=O) groups is 2. The summed E-state index contributed by atoms with van der Waals surface area (Å²) >= 11 is 1.36. The van der Waals surface area contributed by atoms with Crippen LogP contribution in [0, 0.1) is 15.9 Å². The number of benzene rings is 2. The van der Waals surface area contributed by atoms with Gasteiger partial charge in [0.15, 0.2) is 0 Å². The maximum Gasteiger partial charge on any atom is 0.336 e. The lowest BCUT2D eigenvalue weighted by molar-refractivity contribution is -0.384. The zero-order chi connectivity index (χ0) is 25.5. The number of nitrogens with one attached hydrogen (secondary N) is 1. The molecule has 1 atom stereocenters. The smallest absolute Gasteiger partial charge is 0.336 e. The van der Waals surface area contributed by atoms with E-state index in [4.69, 9.17) is 9.47 Å². The highest BCUT2D eigenvalue weighted by Crippen LogP contribution is 2.41. The van der Waals surface area contributed by atoms with E-state index in [0.717, 1.165) is 4.90 Å². The Labute approximate surface area is 206 Å². The van der Waals surface area contributed by atoms with Gasteiger partial charge in [-0.3, -0.25) is 10.1 Å². The van der Waals surface area contributed by atoms with Gasteiger partial charge < -0.3 is 14.8 Å². The van der Waals surface area contributed by atoms with Crippen LogP contribution in [0.5, 0.6) is 0 Å². The van der Waals surface area contributed by atoms with Gasteiger partial charge in [0.25, 0.3) is 5.69 Å². The van der Waals surface area contributed by atoms with E-state index < -0.39 is 22.8 Å². The number of nitro benzene ring substituents is 1. The molecule has 184 valence electrons. The van der Waals surface area contributed by atoms with Crippen LogP contribution in [0.3, 0.4) is 0 Å². The zero-order valence-corrected chi connectivity index (χ0v) is 20.3. The van der Waals surface area contributed by atoms with Crippen molar-refractivity contribution in [2.45, 2.75) is 31.6 Å². The zero-order valence-electron chi connectivity index (χ0n) is 19.5. The van der Waals surface area contributed by atoms with Crippen LogP contribution in [0.1, 0.15) is 32.3 Å². The number of rotatable bonds is 9. The summed E-state index contributed by atoms with van der Waals surface area (Å²) in [5, 5.41) is 14.6. The molecule has 0 aliphatic carbocycles. The van der Waals surface area contributed by atoms with Gasteiger partial charge in [-0.05, 0) is 50.6 Å². The third-order valence-corrected chi connectivity index (χ3v) is 6.29. The Morgan fingerprint density at radius 1 is 1.06 bits per heavy atom. The molecule has 0 amide bonds. The Bertz CT molecular complexity index is 1190. The Morgan fingerprint density at radius 2 is 1.69 bits per heavy atom. The number of nitrogens with zero attached hydrogens (tertiary/aromatic N) is 1. The summed E-state index contributed by atoms with van der Waals surface area (Å²) in [5.41, 5.74) is 1.49. The van der Waals surface area contributed by atoms with E-state index in [-0.39, 0.29) is 41.6 Å². The molecule has 0 bridgehead atoms. The second-order valence-corrected chi connectivity index (χ2v) is 8.57. The van der Waals surface area contributed by atoms with E-state index in [2.05, 4.69) is 5.32 Å². The minimum Gasteiger partial charge on any atom is -0.463 e. The van der Waals surface area contributed by atoms with Gasteiger partial charge in [0.2, 0.25) is 0 Å². The van der Waals surface area contributed by atoms with Crippen LogP contribution < -0.4 is 5.32 Å². The first-order valence-corrected chi connectivity index (χ1v) is 11.9. The van der Waals surface area contributed by atoms with Crippen molar-refractivity contribution in [3.05, 3.63) is 92.6 Å². The lowest BCUT2D eigenvalue weighted by Gasteiger charge is -2.31. The van der Waals surface area contributed by atoms with Gasteiger partial charge in [-0.2, -0.15) is 0 Å². The summed E-state index contributed by atoms with van der Waals surface area (Å²) < 4.78 is 23.9. The van der Waals surface area contributed by atoms with Crippen molar-refractivity contribution in [1.29, 1.82) is 0 Å². The Kier molecular flexibility index (Phi) is 8.64. The molecule has 0 spiro atoms. The summed E-state index contributed by atoms with van der Waals surface area (Å²) in [4.78, 5) is 37.9. The molecule has 35 heavy (non-hydrogen) atoms. The summed E-state index contributed by atoms with van der Waals surface area (Å²) in [6, 6.07) is 11.7. The highest BCUT2D eigenvalue weighted by Gasteiger charge is 2.39. The van der Waals surface area contributed by atoms with Crippen molar-refractivity contribution in [1.82, 2.24) is 5.32 Å². The molecular formula is C25H25FN2O6S. The standard InChI is InChI=1S/C25H25FN2O6S/c1-4-33-24(29)21-15(3)27-20(14-35-19-11-9-17(26)10-12-19)23(25(30)34-5-2)22(21)16-7-6-8-18(13-16)28(31)32/h6-13,22,27H,4-5,14H2,1-3H3. The van der Waals surface area contributed by atoms with E-state index in [0.29, 0.717) is 17.0 Å². The number of hydrogen-bond acceptors (Lipinski definition) is 8. The molecule has 1 heterocycles. The fourth-order valence-corrected chi connectivity index (χ4v) is 4.64. The number of halogens is 1. The third kappa shape index (κ3) is 6.07. The quantitative estimate of drug-likeness (QED) is 0.225. The fraction of sp³-hybridized carbons (Fsp3) is 0.280. The molecule has 0 aromatic heterocycles. The predicted molar refractivity (Wildman–Crippen MR) is 129 cm³/mol. The molecule has 10 heteroatoms. The average Bonchev–Trinajstić information content (AvgIpc) is 2.83. The molecule has 0 saturated carbocycles. The highest BCUT2D eigenvalue weighted by molar-refractivity contribution is 7.99. The monoisotopic (exact) mass is 500 g/mol. The van der Waals surface area contributed by atoms with Gasteiger partial charge in [-0.15, -0.1) is 11.8 Å². The summed E-state index contributed by atoms with van der Waals surface area (Å²) in [6.07, 6.45) is 0. The maximum absolute atomic E-state index is 13.3. The number of ether oxygens (including phenoxy) is 2. The first-order chi connectivity index (χ1) is 16.8. The number of thioether (sulfide) groups is 1. The Hall–Kier alpha value is -3.66. The Morgan fingerprint density at radius 3 is 2.29 bits per heavy atom. The molecule has 1 unspecified atom stereocenters. The fourth-order valence-electron chi connectivity index (χ4n) is 3.78. The molecule has 1 N–H and O–H groups in total. The molecule has 2 aromatic carbocycles. The van der Waals surface area contributed by atoms with Crippen LogP contribution in [0.25, 0.3) is 0 Å². The van der Waals surface area contributed by atoms with Crippen LogP contribution in [0.15, 0.2) is 76.0 Å². The van der Waals surface area contributed by atoms with E-state index in [1.165, 1.54) is 42.1 Å². The molecule has 8 nitrogen and oxygen atoms in total. The number of nitro groups is 1. The number of esters is 2. The normalized spacial score (nSPS) is 15.5. The van der Waals surface area contributed by atoms with Gasteiger partial charge in [-0.25, -0.2) is 14.0 Å². The first kappa shape index (κ1) is 26.0. The molecule has 0 saturated heterocycles. The topological polar surface area (TPSA) is 108 Å². The first-order valence-electron chi connectivity index (χ1n) is 10.9. The third-order valence-electron chi connectivity index (χ3n) is 5.25. The Balaban J connectivity index is 2.15. The summed E-state index contributed by atoms with van der Waals surface area (Å²) in [5.74, 6) is -2.32. The van der Waals surface area contributed by atoms with Crippen molar-refractivity contribution in [2.24, 2.45) is 0 Å². The van der Waals surface area contributed by atoms with Gasteiger partial charge in [-0.1, -0.05) is 12.1 Å². The van der Waals surface area contributed by atoms with Crippen molar-refractivity contribution in [3.63, 3.8) is 0 Å². The molecule has 0 fully saturated rings. The van der Waals surface area contributed by atoms with Crippen LogP contribution in [-0.2, 0) is 19.1 Å². The molecule has 2 aromatic rings. The van der Waals surface area contributed by atoms with Crippen LogP contribution in [0.2, 0.25) is 0 Å². The van der Waals surface area contributed by atoms with Crippen LogP contribution in [-0.4, -0.2) is 35.8 Å². The largest absolute Gasteiger partial charge is 0.463 e. The molecule has 0 radical (unpaired) electrons. The van der Waals surface area contributed by atoms with E-state index >= 15 is 0 Å². The second kappa shape index (κ2) is 11.7. The SMILES string of the molecule is CCOC(=O)C1=C(C)NC(CSc2ccc(F)cc2)=C(C(=O)OCC)C1c1cccc([N+](=O)[O-])c1. The number of carbonyl (C=O) groups excluding carboxylic acids is 2. The lowest BCUT2D eigenvalue weighted by atomic mass is 9.80. The number of allylic oxidation sites excluding steroid dienone is 1. The van der Waals surface area contributed by atoms with Gasteiger partial charge in [0.1, 0.15) is 5.82 Å².